The number of ether oxygens (including phenoxy) is 1. The van der Waals surface area contributed by atoms with Crippen molar-refractivity contribution in [2.75, 3.05) is 20.1 Å². The fraction of sp³-hybridized carbons (Fsp3) is 0.300. The Kier molecular flexibility index (Phi) is 5.35. The summed E-state index contributed by atoms with van der Waals surface area (Å²) in [7, 11) is 1.94. The van der Waals surface area contributed by atoms with Crippen molar-refractivity contribution in [3.63, 3.8) is 0 Å². The molecule has 3 rings (SSSR count). The van der Waals surface area contributed by atoms with Gasteiger partial charge in [0.15, 0.2) is 5.60 Å². The Morgan fingerprint density at radius 2 is 1.76 bits per heavy atom. The first-order valence-corrected chi connectivity index (χ1v) is 9.07. The van der Waals surface area contributed by atoms with E-state index in [0.29, 0.717) is 28.6 Å². The van der Waals surface area contributed by atoms with E-state index in [0.717, 1.165) is 13.0 Å². The second-order valence-corrected chi connectivity index (χ2v) is 7.25. The fourth-order valence-electron chi connectivity index (χ4n) is 3.26. The molecule has 4 nitrogen and oxygen atoms in total. The molecule has 1 atom stereocenters. The molecule has 0 N–H and O–H groups in total. The van der Waals surface area contributed by atoms with Crippen molar-refractivity contribution in [3.8, 4) is 0 Å². The number of carbonyl (C=O) groups excluding carboxylic acids is 2. The number of likely N-dealkylation sites (tertiary alicyclic amines) is 1. The maximum Gasteiger partial charge on any atom is 0.340 e. The van der Waals surface area contributed by atoms with Crippen LogP contribution in [0.5, 0.6) is 0 Å². The van der Waals surface area contributed by atoms with Crippen LogP contribution >= 0.6 is 15.9 Å². The normalized spacial score (nSPS) is 20.9. The van der Waals surface area contributed by atoms with E-state index in [1.165, 1.54) is 0 Å². The zero-order chi connectivity index (χ0) is 17.9. The Labute approximate surface area is 155 Å². The van der Waals surface area contributed by atoms with Crippen LogP contribution in [0.1, 0.15) is 33.6 Å². The van der Waals surface area contributed by atoms with Gasteiger partial charge in [-0.05, 0) is 54.5 Å². The molecule has 0 aromatic heterocycles. The highest BCUT2D eigenvalue weighted by molar-refractivity contribution is 9.10. The number of halogens is 1. The molecule has 0 radical (unpaired) electrons. The number of benzene rings is 2. The number of hydrogen-bond acceptors (Lipinski definition) is 4. The van der Waals surface area contributed by atoms with Crippen molar-refractivity contribution >= 4 is 27.7 Å². The summed E-state index contributed by atoms with van der Waals surface area (Å²) in [4.78, 5) is 28.0. The average Bonchev–Trinajstić information content (AvgIpc) is 2.62. The Balaban J connectivity index is 1.94. The smallest absolute Gasteiger partial charge is 0.340 e. The number of esters is 1. The summed E-state index contributed by atoms with van der Waals surface area (Å²) in [6.07, 6.45) is 1.33. The quantitative estimate of drug-likeness (QED) is 0.574. The molecule has 0 spiro atoms. The minimum absolute atomic E-state index is 0.139. The van der Waals surface area contributed by atoms with Gasteiger partial charge in [0.2, 0.25) is 5.78 Å². The molecule has 1 heterocycles. The lowest BCUT2D eigenvalue weighted by atomic mass is 9.85. The number of likely N-dealkylation sites (N-methyl/N-ethyl adjacent to an activating group) is 1. The van der Waals surface area contributed by atoms with Crippen molar-refractivity contribution in [1.29, 1.82) is 0 Å². The maximum atomic E-state index is 13.2. The van der Waals surface area contributed by atoms with Gasteiger partial charge in [-0.25, -0.2) is 4.79 Å². The Bertz CT molecular complexity index is 778. The summed E-state index contributed by atoms with van der Waals surface area (Å²) >= 11 is 3.38. The van der Waals surface area contributed by atoms with Crippen LogP contribution in [-0.4, -0.2) is 42.4 Å². The lowest BCUT2D eigenvalue weighted by Crippen LogP contribution is -2.54. The average molecular weight is 402 g/mol. The van der Waals surface area contributed by atoms with Gasteiger partial charge in [-0.3, -0.25) is 4.79 Å². The molecule has 130 valence electrons. The number of rotatable bonds is 4. The predicted molar refractivity (Wildman–Crippen MR) is 99.8 cm³/mol. The highest BCUT2D eigenvalue weighted by atomic mass is 79.9. The monoisotopic (exact) mass is 401 g/mol. The van der Waals surface area contributed by atoms with Crippen molar-refractivity contribution in [3.05, 3.63) is 70.2 Å². The zero-order valence-corrected chi connectivity index (χ0v) is 15.7. The second-order valence-electron chi connectivity index (χ2n) is 6.40. The number of hydrogen-bond donors (Lipinski definition) is 0. The number of nitrogens with zero attached hydrogens (tertiary/aromatic N) is 1. The van der Waals surface area contributed by atoms with E-state index in [1.807, 2.05) is 36.2 Å². The van der Waals surface area contributed by atoms with Crippen molar-refractivity contribution < 1.29 is 14.3 Å². The summed E-state index contributed by atoms with van der Waals surface area (Å²) in [6.45, 7) is 1.29. The highest BCUT2D eigenvalue weighted by Gasteiger charge is 2.45. The molecule has 2 aromatic rings. The molecule has 2 aromatic carbocycles. The van der Waals surface area contributed by atoms with Crippen LogP contribution in [0.25, 0.3) is 0 Å². The number of carbonyl (C=O) groups is 2. The maximum absolute atomic E-state index is 13.2. The van der Waals surface area contributed by atoms with Gasteiger partial charge >= 0.3 is 5.97 Å². The predicted octanol–water partition coefficient (Wildman–Crippen LogP) is 3.95. The third-order valence-electron chi connectivity index (χ3n) is 4.48. The van der Waals surface area contributed by atoms with E-state index in [9.17, 15) is 9.59 Å². The van der Waals surface area contributed by atoms with Gasteiger partial charge in [-0.1, -0.05) is 42.5 Å². The Morgan fingerprint density at radius 1 is 1.08 bits per heavy atom. The molecule has 0 amide bonds. The van der Waals surface area contributed by atoms with Crippen LogP contribution in [0, 0.1) is 0 Å². The lowest BCUT2D eigenvalue weighted by Gasteiger charge is -2.39. The molecule has 0 bridgehead atoms. The van der Waals surface area contributed by atoms with Crippen LogP contribution in [0.15, 0.2) is 59.1 Å². The van der Waals surface area contributed by atoms with Gasteiger partial charge in [0.25, 0.3) is 0 Å². The topological polar surface area (TPSA) is 46.6 Å². The minimum Gasteiger partial charge on any atom is -0.446 e. The fourth-order valence-corrected chi connectivity index (χ4v) is 3.70. The van der Waals surface area contributed by atoms with Gasteiger partial charge in [0.05, 0.1) is 5.56 Å². The summed E-state index contributed by atoms with van der Waals surface area (Å²) in [5, 5.41) is 0. The first-order valence-electron chi connectivity index (χ1n) is 8.28. The molecule has 5 heteroatoms. The summed E-state index contributed by atoms with van der Waals surface area (Å²) in [5.74, 6) is -0.618. The van der Waals surface area contributed by atoms with E-state index in [4.69, 9.17) is 4.74 Å². The van der Waals surface area contributed by atoms with Gasteiger partial charge < -0.3 is 9.64 Å². The van der Waals surface area contributed by atoms with E-state index < -0.39 is 11.6 Å². The van der Waals surface area contributed by atoms with Crippen LogP contribution in [0.4, 0.5) is 0 Å². The van der Waals surface area contributed by atoms with Crippen molar-refractivity contribution in [1.82, 2.24) is 4.90 Å². The Morgan fingerprint density at radius 3 is 2.44 bits per heavy atom. The number of piperidine rings is 1. The summed E-state index contributed by atoms with van der Waals surface area (Å²) in [5.41, 5.74) is -0.158. The zero-order valence-electron chi connectivity index (χ0n) is 14.1. The number of ketones is 1. The van der Waals surface area contributed by atoms with Gasteiger partial charge in [-0.15, -0.1) is 0 Å². The van der Waals surface area contributed by atoms with E-state index in [2.05, 4.69) is 15.9 Å². The first-order chi connectivity index (χ1) is 12.0. The molecule has 1 aliphatic heterocycles. The lowest BCUT2D eigenvalue weighted by molar-refractivity contribution is -0.0365. The largest absolute Gasteiger partial charge is 0.446 e. The molecule has 1 saturated heterocycles. The van der Waals surface area contributed by atoms with Gasteiger partial charge in [-0.2, -0.15) is 0 Å². The van der Waals surface area contributed by atoms with Crippen molar-refractivity contribution in [2.45, 2.75) is 18.4 Å². The van der Waals surface area contributed by atoms with E-state index in [1.54, 1.807) is 30.3 Å². The molecule has 0 aliphatic carbocycles. The molecule has 1 fully saturated rings. The van der Waals surface area contributed by atoms with Crippen LogP contribution in [-0.2, 0) is 4.74 Å². The molecule has 1 aliphatic rings. The first kappa shape index (κ1) is 17.8. The molecule has 25 heavy (non-hydrogen) atoms. The molecular weight excluding hydrogens is 382 g/mol. The minimum atomic E-state index is -1.15. The third kappa shape index (κ3) is 3.83. The van der Waals surface area contributed by atoms with Crippen molar-refractivity contribution in [2.24, 2.45) is 0 Å². The van der Waals surface area contributed by atoms with E-state index >= 15 is 0 Å². The molecule has 1 unspecified atom stereocenters. The highest BCUT2D eigenvalue weighted by Crippen LogP contribution is 2.31. The molecular formula is C20H20BrNO3. The van der Waals surface area contributed by atoms with Crippen LogP contribution in [0.3, 0.4) is 0 Å². The standard InChI is InChI=1S/C20H20BrNO3/c1-22-13-7-12-20(14-22,18(23)15-8-3-2-4-9-15)25-19(24)16-10-5-6-11-17(16)21/h2-6,8-11H,7,12-14H2,1H3. The van der Waals surface area contributed by atoms with E-state index in [-0.39, 0.29) is 5.78 Å². The third-order valence-corrected chi connectivity index (χ3v) is 5.17. The van der Waals surface area contributed by atoms with Crippen LogP contribution in [0.2, 0.25) is 0 Å². The second kappa shape index (κ2) is 7.50. The summed E-state index contributed by atoms with van der Waals surface area (Å²) < 4.78 is 6.53. The van der Waals surface area contributed by atoms with Gasteiger partial charge in [0.1, 0.15) is 0 Å². The number of Topliss-reactive ketones (excluding diaryl/α,β-unsaturated/α-hetero) is 1. The van der Waals surface area contributed by atoms with Crippen LogP contribution < -0.4 is 0 Å². The van der Waals surface area contributed by atoms with Gasteiger partial charge in [0, 0.05) is 16.6 Å². The molecule has 0 saturated carbocycles. The Hall–Kier alpha value is -1.98. The summed E-state index contributed by atoms with van der Waals surface area (Å²) in [6, 6.07) is 16.1. The SMILES string of the molecule is CN1CCCC(OC(=O)c2ccccc2Br)(C(=O)c2ccccc2)C1.